The van der Waals surface area contributed by atoms with Crippen molar-refractivity contribution in [2.45, 2.75) is 6.61 Å². The van der Waals surface area contributed by atoms with Crippen LogP contribution in [0, 0.1) is 11.3 Å². The van der Waals surface area contributed by atoms with Crippen molar-refractivity contribution in [1.82, 2.24) is 4.98 Å². The second kappa shape index (κ2) is 6.29. The molecule has 0 aliphatic rings. The molecule has 3 rings (SSSR count). The molecule has 0 bridgehead atoms. The number of ether oxygens (including phenoxy) is 1. The molecule has 108 valence electrons. The highest BCUT2D eigenvalue weighted by Gasteiger charge is 2.03. The Morgan fingerprint density at radius 3 is 2.41 bits per heavy atom. The molecule has 1 heterocycles. The molecule has 0 fully saturated rings. The maximum atomic E-state index is 8.76. The summed E-state index contributed by atoms with van der Waals surface area (Å²) in [7, 11) is 0. The summed E-state index contributed by atoms with van der Waals surface area (Å²) in [6, 6.07) is 17.2. The largest absolute Gasteiger partial charge is 0.489 e. The Morgan fingerprint density at radius 2 is 1.82 bits per heavy atom. The number of nitriles is 1. The van der Waals surface area contributed by atoms with Gasteiger partial charge in [-0.2, -0.15) is 5.26 Å². The van der Waals surface area contributed by atoms with Gasteiger partial charge in [0.15, 0.2) is 5.13 Å². The standard InChI is InChI=1S/C17H13N3OS/c18-9-12-1-3-13(4-2-12)10-21-15-7-5-14(6-8-15)16-11-22-17(19)20-16/h1-8,11H,10H2,(H2,19,20). The molecule has 0 atom stereocenters. The fraction of sp³-hybridized carbons (Fsp3) is 0.0588. The van der Waals surface area contributed by atoms with Crippen LogP contribution in [-0.4, -0.2) is 4.98 Å². The number of anilines is 1. The van der Waals surface area contributed by atoms with Gasteiger partial charge in [-0.3, -0.25) is 0 Å². The molecule has 0 aliphatic carbocycles. The number of nitrogens with two attached hydrogens (primary N) is 1. The number of nitrogen functional groups attached to an aromatic ring is 1. The quantitative estimate of drug-likeness (QED) is 0.794. The molecule has 0 unspecified atom stereocenters. The third kappa shape index (κ3) is 3.25. The van der Waals surface area contributed by atoms with Crippen LogP contribution in [0.2, 0.25) is 0 Å². The summed E-state index contributed by atoms with van der Waals surface area (Å²) in [5.41, 5.74) is 9.20. The number of nitrogens with zero attached hydrogens (tertiary/aromatic N) is 2. The van der Waals surface area contributed by atoms with Gasteiger partial charge in [0.05, 0.1) is 17.3 Å². The molecule has 2 aromatic carbocycles. The van der Waals surface area contributed by atoms with Gasteiger partial charge >= 0.3 is 0 Å². The highest BCUT2D eigenvalue weighted by molar-refractivity contribution is 7.13. The summed E-state index contributed by atoms with van der Waals surface area (Å²) < 4.78 is 5.74. The van der Waals surface area contributed by atoms with Crippen LogP contribution in [0.5, 0.6) is 5.75 Å². The zero-order chi connectivity index (χ0) is 15.4. The summed E-state index contributed by atoms with van der Waals surface area (Å²) in [5, 5.41) is 11.3. The van der Waals surface area contributed by atoms with Gasteiger partial charge in [-0.1, -0.05) is 12.1 Å². The Kier molecular flexibility index (Phi) is 4.03. The number of hydrogen-bond acceptors (Lipinski definition) is 5. The maximum absolute atomic E-state index is 8.76. The third-order valence-corrected chi connectivity index (χ3v) is 3.83. The molecular weight excluding hydrogens is 294 g/mol. The molecule has 0 amide bonds. The molecular formula is C17H13N3OS. The van der Waals surface area contributed by atoms with E-state index in [4.69, 9.17) is 15.7 Å². The number of hydrogen-bond donors (Lipinski definition) is 1. The predicted octanol–water partition coefficient (Wildman–Crippen LogP) is 3.84. The monoisotopic (exact) mass is 307 g/mol. The fourth-order valence-electron chi connectivity index (χ4n) is 1.98. The van der Waals surface area contributed by atoms with E-state index in [-0.39, 0.29) is 0 Å². The summed E-state index contributed by atoms with van der Waals surface area (Å²) in [5.74, 6) is 0.788. The molecule has 0 radical (unpaired) electrons. The van der Waals surface area contributed by atoms with Crippen molar-refractivity contribution in [3.8, 4) is 23.1 Å². The number of benzene rings is 2. The third-order valence-electron chi connectivity index (χ3n) is 3.16. The van der Waals surface area contributed by atoms with Crippen LogP contribution in [0.15, 0.2) is 53.9 Å². The zero-order valence-corrected chi connectivity index (χ0v) is 12.5. The number of rotatable bonds is 4. The second-order valence-electron chi connectivity index (χ2n) is 4.69. The Bertz CT molecular complexity index is 801. The van der Waals surface area contributed by atoms with Gasteiger partial charge in [0.2, 0.25) is 0 Å². The minimum absolute atomic E-state index is 0.467. The Balaban J connectivity index is 1.64. The Hall–Kier alpha value is -2.84. The van der Waals surface area contributed by atoms with Crippen LogP contribution in [0.3, 0.4) is 0 Å². The van der Waals surface area contributed by atoms with E-state index in [0.29, 0.717) is 17.3 Å². The molecule has 0 spiro atoms. The Morgan fingerprint density at radius 1 is 1.09 bits per heavy atom. The first-order valence-corrected chi connectivity index (χ1v) is 7.56. The van der Waals surface area contributed by atoms with E-state index in [1.165, 1.54) is 11.3 Å². The van der Waals surface area contributed by atoms with Crippen molar-refractivity contribution in [3.63, 3.8) is 0 Å². The summed E-state index contributed by atoms with van der Waals surface area (Å²) in [6.45, 7) is 0.467. The summed E-state index contributed by atoms with van der Waals surface area (Å²) in [6.07, 6.45) is 0. The van der Waals surface area contributed by atoms with Crippen molar-refractivity contribution in [2.24, 2.45) is 0 Å². The van der Waals surface area contributed by atoms with Crippen molar-refractivity contribution < 1.29 is 4.74 Å². The molecule has 3 aromatic rings. The molecule has 5 heteroatoms. The van der Waals surface area contributed by atoms with Crippen LogP contribution in [-0.2, 0) is 6.61 Å². The van der Waals surface area contributed by atoms with Crippen molar-refractivity contribution in [1.29, 1.82) is 5.26 Å². The van der Waals surface area contributed by atoms with Crippen LogP contribution in [0.1, 0.15) is 11.1 Å². The number of thiazole rings is 1. The lowest BCUT2D eigenvalue weighted by molar-refractivity contribution is 0.306. The number of aromatic nitrogens is 1. The highest BCUT2D eigenvalue weighted by Crippen LogP contribution is 2.25. The molecule has 1 aromatic heterocycles. The van der Waals surface area contributed by atoms with Gasteiger partial charge in [0.25, 0.3) is 0 Å². The average Bonchev–Trinajstić information content (AvgIpc) is 3.00. The first-order valence-electron chi connectivity index (χ1n) is 6.68. The maximum Gasteiger partial charge on any atom is 0.180 e. The van der Waals surface area contributed by atoms with Crippen molar-refractivity contribution in [3.05, 3.63) is 65.0 Å². The summed E-state index contributed by atoms with van der Waals surface area (Å²) in [4.78, 5) is 4.25. The van der Waals surface area contributed by atoms with Crippen LogP contribution >= 0.6 is 11.3 Å². The highest BCUT2D eigenvalue weighted by atomic mass is 32.1. The van der Waals surface area contributed by atoms with Crippen LogP contribution < -0.4 is 10.5 Å². The molecule has 0 saturated carbocycles. The summed E-state index contributed by atoms with van der Waals surface area (Å²) >= 11 is 1.43. The van der Waals surface area contributed by atoms with E-state index in [0.717, 1.165) is 22.6 Å². The molecule has 0 aliphatic heterocycles. The van der Waals surface area contributed by atoms with E-state index in [1.807, 2.05) is 41.8 Å². The zero-order valence-electron chi connectivity index (χ0n) is 11.7. The van der Waals surface area contributed by atoms with E-state index in [2.05, 4.69) is 11.1 Å². The van der Waals surface area contributed by atoms with Gasteiger partial charge in [0.1, 0.15) is 12.4 Å². The van der Waals surface area contributed by atoms with E-state index in [9.17, 15) is 0 Å². The SMILES string of the molecule is N#Cc1ccc(COc2ccc(-c3csc(N)n3)cc2)cc1. The lowest BCUT2D eigenvalue weighted by Crippen LogP contribution is -1.95. The van der Waals surface area contributed by atoms with Gasteiger partial charge in [-0.05, 0) is 42.0 Å². The molecule has 2 N–H and O–H groups in total. The molecule has 4 nitrogen and oxygen atoms in total. The normalized spacial score (nSPS) is 10.1. The van der Waals surface area contributed by atoms with E-state index >= 15 is 0 Å². The van der Waals surface area contributed by atoms with Crippen LogP contribution in [0.4, 0.5) is 5.13 Å². The first-order chi connectivity index (χ1) is 10.7. The van der Waals surface area contributed by atoms with E-state index < -0.39 is 0 Å². The minimum Gasteiger partial charge on any atom is -0.489 e. The smallest absolute Gasteiger partial charge is 0.180 e. The second-order valence-corrected chi connectivity index (χ2v) is 5.58. The lowest BCUT2D eigenvalue weighted by atomic mass is 10.1. The van der Waals surface area contributed by atoms with E-state index in [1.54, 1.807) is 12.1 Å². The topological polar surface area (TPSA) is 71.9 Å². The fourth-order valence-corrected chi connectivity index (χ4v) is 2.56. The average molecular weight is 307 g/mol. The van der Waals surface area contributed by atoms with Gasteiger partial charge in [-0.25, -0.2) is 4.98 Å². The van der Waals surface area contributed by atoms with Crippen molar-refractivity contribution in [2.75, 3.05) is 5.73 Å². The minimum atomic E-state index is 0.467. The molecule has 0 saturated heterocycles. The van der Waals surface area contributed by atoms with Crippen LogP contribution in [0.25, 0.3) is 11.3 Å². The molecule has 22 heavy (non-hydrogen) atoms. The van der Waals surface area contributed by atoms with Gasteiger partial charge < -0.3 is 10.5 Å². The lowest BCUT2D eigenvalue weighted by Gasteiger charge is -2.07. The van der Waals surface area contributed by atoms with Gasteiger partial charge in [0, 0.05) is 10.9 Å². The van der Waals surface area contributed by atoms with Crippen molar-refractivity contribution >= 4 is 16.5 Å². The Labute approximate surface area is 132 Å². The van der Waals surface area contributed by atoms with Gasteiger partial charge in [-0.15, -0.1) is 11.3 Å². The first kappa shape index (κ1) is 14.1. The predicted molar refractivity (Wildman–Crippen MR) is 87.5 cm³/mol.